The summed E-state index contributed by atoms with van der Waals surface area (Å²) in [5, 5.41) is 3.90. The predicted molar refractivity (Wildman–Crippen MR) is 89.7 cm³/mol. The average Bonchev–Trinajstić information content (AvgIpc) is 3.27. The Morgan fingerprint density at radius 1 is 1.15 bits per heavy atom. The molecule has 1 fully saturated rings. The van der Waals surface area contributed by atoms with Crippen LogP contribution in [0.4, 0.5) is 13.2 Å². The summed E-state index contributed by atoms with van der Waals surface area (Å²) < 4.78 is 46.2. The molecule has 1 saturated carbocycles. The first kappa shape index (κ1) is 18.7. The van der Waals surface area contributed by atoms with Crippen molar-refractivity contribution in [1.29, 1.82) is 0 Å². The number of aromatic nitrogens is 4. The van der Waals surface area contributed by atoms with Crippen LogP contribution in [0.15, 0.2) is 28.8 Å². The summed E-state index contributed by atoms with van der Waals surface area (Å²) >= 11 is 0. The zero-order valence-electron chi connectivity index (χ0n) is 13.7. The average molecular weight is 388 g/mol. The maximum atomic E-state index is 13.3. The number of nitrogens with zero attached hydrogens (tertiary/aromatic N) is 4. The Labute approximate surface area is 153 Å². The highest BCUT2D eigenvalue weighted by Gasteiger charge is 2.39. The molecule has 0 radical (unpaired) electrons. The maximum Gasteiger partial charge on any atom is 0.449 e. The first-order chi connectivity index (χ1) is 11.9. The van der Waals surface area contributed by atoms with E-state index >= 15 is 0 Å². The van der Waals surface area contributed by atoms with Gasteiger partial charge in [0.05, 0.1) is 16.6 Å². The van der Waals surface area contributed by atoms with E-state index in [0.717, 1.165) is 30.3 Å². The molecule has 140 valence electrons. The predicted octanol–water partition coefficient (Wildman–Crippen LogP) is 3.64. The Hall–Kier alpha value is -2.13. The summed E-state index contributed by atoms with van der Waals surface area (Å²) in [7, 11) is 0. The molecule has 0 amide bonds. The van der Waals surface area contributed by atoms with E-state index in [2.05, 4.69) is 15.1 Å². The van der Waals surface area contributed by atoms with E-state index < -0.39 is 17.5 Å². The van der Waals surface area contributed by atoms with Gasteiger partial charge in [-0.2, -0.15) is 18.2 Å². The molecule has 0 atom stereocenters. The number of hydrogen-bond donors (Lipinski definition) is 1. The summed E-state index contributed by atoms with van der Waals surface area (Å²) in [6.07, 6.45) is -1.14. The van der Waals surface area contributed by atoms with Crippen molar-refractivity contribution in [2.75, 3.05) is 0 Å². The molecule has 0 saturated heterocycles. The van der Waals surface area contributed by atoms with E-state index in [1.54, 1.807) is 18.2 Å². The molecule has 0 bridgehead atoms. The number of imidazole rings is 1. The highest BCUT2D eigenvalue weighted by molar-refractivity contribution is 5.85. The van der Waals surface area contributed by atoms with E-state index in [9.17, 15) is 13.2 Å². The van der Waals surface area contributed by atoms with Gasteiger partial charge >= 0.3 is 6.18 Å². The van der Waals surface area contributed by atoms with Crippen molar-refractivity contribution in [1.82, 2.24) is 19.7 Å². The largest absolute Gasteiger partial charge is 0.449 e. The fourth-order valence-electron chi connectivity index (χ4n) is 3.34. The summed E-state index contributed by atoms with van der Waals surface area (Å²) in [6.45, 7) is -0.210. The third kappa shape index (κ3) is 3.16. The van der Waals surface area contributed by atoms with E-state index in [1.807, 2.05) is 0 Å². The van der Waals surface area contributed by atoms with Crippen LogP contribution in [0.25, 0.3) is 11.0 Å². The number of halogens is 4. The molecule has 2 N–H and O–H groups in total. The van der Waals surface area contributed by atoms with Crippen LogP contribution in [0.2, 0.25) is 0 Å². The normalized spacial score (nSPS) is 16.8. The van der Waals surface area contributed by atoms with Crippen molar-refractivity contribution in [3.8, 4) is 0 Å². The number of nitrogens with two attached hydrogens (primary N) is 1. The van der Waals surface area contributed by atoms with Gasteiger partial charge in [-0.25, -0.2) is 4.98 Å². The Morgan fingerprint density at radius 3 is 2.54 bits per heavy atom. The fraction of sp³-hybridized carbons (Fsp3) is 0.438. The van der Waals surface area contributed by atoms with Gasteiger partial charge in [-0.1, -0.05) is 30.1 Å². The second kappa shape index (κ2) is 6.55. The van der Waals surface area contributed by atoms with Gasteiger partial charge < -0.3 is 14.8 Å². The SMILES string of the molecule is Cl.NC1(c2noc(Cn3c(C(F)(F)F)nc4ccccc43)n2)CCCC1. The maximum absolute atomic E-state index is 13.3. The van der Waals surface area contributed by atoms with Gasteiger partial charge in [0, 0.05) is 0 Å². The fourth-order valence-corrected chi connectivity index (χ4v) is 3.34. The minimum Gasteiger partial charge on any atom is -0.337 e. The van der Waals surface area contributed by atoms with E-state index in [4.69, 9.17) is 10.3 Å². The first-order valence-corrected chi connectivity index (χ1v) is 8.01. The molecule has 1 aromatic carbocycles. The van der Waals surface area contributed by atoms with Crippen molar-refractivity contribution >= 4 is 23.4 Å². The minimum atomic E-state index is -4.58. The van der Waals surface area contributed by atoms with E-state index in [-0.39, 0.29) is 30.4 Å². The van der Waals surface area contributed by atoms with Crippen molar-refractivity contribution in [3.05, 3.63) is 41.8 Å². The third-order valence-electron chi connectivity index (χ3n) is 4.61. The molecule has 2 aromatic heterocycles. The Kier molecular flexibility index (Phi) is 4.70. The molecule has 2 heterocycles. The van der Waals surface area contributed by atoms with Crippen molar-refractivity contribution in [3.63, 3.8) is 0 Å². The zero-order valence-corrected chi connectivity index (χ0v) is 14.5. The van der Waals surface area contributed by atoms with Gasteiger partial charge in [-0.05, 0) is 25.0 Å². The van der Waals surface area contributed by atoms with Crippen LogP contribution in [0.5, 0.6) is 0 Å². The van der Waals surface area contributed by atoms with Gasteiger partial charge in [0.2, 0.25) is 11.7 Å². The molecule has 1 aliphatic carbocycles. The number of para-hydroxylation sites is 2. The van der Waals surface area contributed by atoms with Crippen LogP contribution in [0, 0.1) is 0 Å². The van der Waals surface area contributed by atoms with Gasteiger partial charge in [-0.15, -0.1) is 12.4 Å². The standard InChI is InChI=1S/C16H16F3N5O.ClH/c17-16(18,19)14-21-10-5-1-2-6-11(10)24(14)9-12-22-13(23-25-12)15(20)7-3-4-8-15;/h1-2,5-6H,3-4,7-9,20H2;1H. The Bertz CT molecular complexity index is 914. The van der Waals surface area contributed by atoms with Crippen LogP contribution >= 0.6 is 12.4 Å². The molecule has 6 nitrogen and oxygen atoms in total. The number of hydrogen-bond acceptors (Lipinski definition) is 5. The summed E-state index contributed by atoms with van der Waals surface area (Å²) in [5.41, 5.74) is 6.25. The van der Waals surface area contributed by atoms with Gasteiger partial charge in [-0.3, -0.25) is 0 Å². The van der Waals surface area contributed by atoms with Gasteiger partial charge in [0.1, 0.15) is 6.54 Å². The molecular formula is C16H17ClF3N5O. The van der Waals surface area contributed by atoms with Crippen LogP contribution < -0.4 is 5.73 Å². The third-order valence-corrected chi connectivity index (χ3v) is 4.61. The second-order valence-electron chi connectivity index (χ2n) is 6.38. The molecule has 0 unspecified atom stereocenters. The number of benzene rings is 1. The lowest BCUT2D eigenvalue weighted by atomic mass is 9.99. The lowest BCUT2D eigenvalue weighted by Crippen LogP contribution is -2.34. The van der Waals surface area contributed by atoms with Crippen LogP contribution in [-0.4, -0.2) is 19.7 Å². The van der Waals surface area contributed by atoms with Gasteiger partial charge in [0.15, 0.2) is 5.82 Å². The van der Waals surface area contributed by atoms with Crippen molar-refractivity contribution in [2.45, 2.75) is 43.9 Å². The summed E-state index contributed by atoms with van der Waals surface area (Å²) in [5.74, 6) is -0.546. The van der Waals surface area contributed by atoms with E-state index in [1.165, 1.54) is 6.07 Å². The molecule has 4 rings (SSSR count). The van der Waals surface area contributed by atoms with Gasteiger partial charge in [0.25, 0.3) is 0 Å². The number of fused-ring (bicyclic) bond motifs is 1. The molecule has 0 spiro atoms. The lowest BCUT2D eigenvalue weighted by Gasteiger charge is -2.17. The molecule has 3 aromatic rings. The van der Waals surface area contributed by atoms with Crippen molar-refractivity contribution in [2.24, 2.45) is 5.73 Å². The molecule has 1 aliphatic rings. The zero-order chi connectivity index (χ0) is 17.7. The molecule has 26 heavy (non-hydrogen) atoms. The highest BCUT2D eigenvalue weighted by atomic mass is 35.5. The quantitative estimate of drug-likeness (QED) is 0.742. The number of rotatable bonds is 3. The summed E-state index contributed by atoms with van der Waals surface area (Å²) in [6, 6.07) is 6.42. The van der Waals surface area contributed by atoms with Crippen molar-refractivity contribution < 1.29 is 17.7 Å². The molecular weight excluding hydrogens is 371 g/mol. The second-order valence-corrected chi connectivity index (χ2v) is 6.38. The lowest BCUT2D eigenvalue weighted by molar-refractivity contribution is -0.146. The Morgan fingerprint density at radius 2 is 1.85 bits per heavy atom. The smallest absolute Gasteiger partial charge is 0.337 e. The monoisotopic (exact) mass is 387 g/mol. The van der Waals surface area contributed by atoms with E-state index in [0.29, 0.717) is 11.3 Å². The minimum absolute atomic E-state index is 0. The summed E-state index contributed by atoms with van der Waals surface area (Å²) in [4.78, 5) is 7.95. The molecule has 0 aliphatic heterocycles. The first-order valence-electron chi connectivity index (χ1n) is 8.01. The Balaban J connectivity index is 0.00000196. The van der Waals surface area contributed by atoms with Crippen LogP contribution in [0.3, 0.4) is 0 Å². The highest BCUT2D eigenvalue weighted by Crippen LogP contribution is 2.35. The topological polar surface area (TPSA) is 82.8 Å². The van der Waals surface area contributed by atoms with Crippen LogP contribution in [0.1, 0.15) is 43.2 Å². The van der Waals surface area contributed by atoms with Crippen LogP contribution in [-0.2, 0) is 18.3 Å². The number of alkyl halides is 3. The molecule has 10 heteroatoms.